The largest absolute Gasteiger partial charge is 0.389 e. The molecule has 104 valence electrons. The Labute approximate surface area is 107 Å². The molecule has 2 atom stereocenters. The fraction of sp³-hybridized carbons (Fsp3) is 1.00. The van der Waals surface area contributed by atoms with Gasteiger partial charge in [0, 0.05) is 12.6 Å². The zero-order valence-corrected chi connectivity index (χ0v) is 12.6. The summed E-state index contributed by atoms with van der Waals surface area (Å²) in [6, 6.07) is 0.537. The average Bonchev–Trinajstić information content (AvgIpc) is 2.26. The van der Waals surface area contributed by atoms with E-state index in [9.17, 15) is 5.11 Å². The highest BCUT2D eigenvalue weighted by atomic mass is 16.3. The molecule has 0 aromatic rings. The normalized spacial score (nSPS) is 18.2. The van der Waals surface area contributed by atoms with Crippen molar-refractivity contribution in [3.05, 3.63) is 0 Å². The van der Waals surface area contributed by atoms with Crippen LogP contribution in [0.5, 0.6) is 0 Å². The van der Waals surface area contributed by atoms with Gasteiger partial charge in [-0.1, -0.05) is 27.7 Å². The molecule has 0 aliphatic carbocycles. The van der Waals surface area contributed by atoms with E-state index in [1.54, 1.807) is 0 Å². The van der Waals surface area contributed by atoms with Gasteiger partial charge in [0.1, 0.15) is 0 Å². The van der Waals surface area contributed by atoms with Gasteiger partial charge in [-0.2, -0.15) is 0 Å². The maximum absolute atomic E-state index is 10.1. The molecule has 0 aliphatic rings. The summed E-state index contributed by atoms with van der Waals surface area (Å²) >= 11 is 0. The van der Waals surface area contributed by atoms with Crippen LogP contribution in [0, 0.1) is 5.41 Å². The minimum absolute atomic E-state index is 0.295. The van der Waals surface area contributed by atoms with Gasteiger partial charge in [-0.25, -0.2) is 0 Å². The van der Waals surface area contributed by atoms with Crippen LogP contribution in [0.3, 0.4) is 0 Å². The highest BCUT2D eigenvalue weighted by Crippen LogP contribution is 2.24. The van der Waals surface area contributed by atoms with Crippen molar-refractivity contribution in [3.63, 3.8) is 0 Å². The Morgan fingerprint density at radius 2 is 1.82 bits per heavy atom. The van der Waals surface area contributed by atoms with Crippen LogP contribution in [0.1, 0.15) is 53.9 Å². The molecule has 0 aromatic heterocycles. The van der Waals surface area contributed by atoms with E-state index in [0.717, 1.165) is 25.8 Å². The first-order chi connectivity index (χ1) is 7.66. The van der Waals surface area contributed by atoms with Gasteiger partial charge in [0.2, 0.25) is 0 Å². The molecular weight excluding hydrogens is 212 g/mol. The lowest BCUT2D eigenvalue weighted by Gasteiger charge is -2.36. The molecule has 0 amide bonds. The minimum Gasteiger partial charge on any atom is -0.389 e. The summed E-state index contributed by atoms with van der Waals surface area (Å²) in [6.45, 7) is 12.4. The van der Waals surface area contributed by atoms with Crippen molar-refractivity contribution >= 4 is 0 Å². The highest BCUT2D eigenvalue weighted by molar-refractivity contribution is 4.80. The molecule has 0 heterocycles. The molecule has 0 fully saturated rings. The maximum atomic E-state index is 10.1. The molecule has 3 nitrogen and oxygen atoms in total. The molecule has 3 N–H and O–H groups in total. The molecular formula is C14H32N2O. The minimum atomic E-state index is -0.661. The average molecular weight is 244 g/mol. The van der Waals surface area contributed by atoms with Crippen LogP contribution in [-0.2, 0) is 0 Å². The van der Waals surface area contributed by atoms with Gasteiger partial charge in [-0.15, -0.1) is 0 Å². The molecule has 0 rings (SSSR count). The first-order valence-electron chi connectivity index (χ1n) is 6.79. The fourth-order valence-corrected chi connectivity index (χ4v) is 1.94. The Balaban J connectivity index is 4.05. The van der Waals surface area contributed by atoms with E-state index in [0.29, 0.717) is 18.0 Å². The lowest BCUT2D eigenvalue weighted by Crippen LogP contribution is -2.41. The van der Waals surface area contributed by atoms with E-state index >= 15 is 0 Å². The molecule has 0 radical (unpaired) electrons. The molecule has 0 saturated heterocycles. The van der Waals surface area contributed by atoms with Gasteiger partial charge < -0.3 is 15.7 Å². The number of nitrogens with zero attached hydrogens (tertiary/aromatic N) is 1. The van der Waals surface area contributed by atoms with Crippen LogP contribution in [0.2, 0.25) is 0 Å². The van der Waals surface area contributed by atoms with Crippen LogP contribution < -0.4 is 5.73 Å². The second-order valence-corrected chi connectivity index (χ2v) is 6.41. The Hall–Kier alpha value is -0.120. The predicted molar refractivity (Wildman–Crippen MR) is 75.1 cm³/mol. The van der Waals surface area contributed by atoms with Gasteiger partial charge in [0.05, 0.1) is 5.60 Å². The van der Waals surface area contributed by atoms with Crippen molar-refractivity contribution in [2.45, 2.75) is 65.5 Å². The highest BCUT2D eigenvalue weighted by Gasteiger charge is 2.25. The molecule has 0 aliphatic heterocycles. The second kappa shape index (κ2) is 6.72. The molecule has 0 bridgehead atoms. The molecule has 17 heavy (non-hydrogen) atoms. The molecule has 2 unspecified atom stereocenters. The predicted octanol–water partition coefficient (Wildman–Crippen LogP) is 2.23. The van der Waals surface area contributed by atoms with Crippen molar-refractivity contribution in [1.29, 1.82) is 0 Å². The van der Waals surface area contributed by atoms with Crippen molar-refractivity contribution in [2.75, 3.05) is 20.1 Å². The quantitative estimate of drug-likeness (QED) is 0.722. The van der Waals surface area contributed by atoms with E-state index < -0.39 is 5.60 Å². The van der Waals surface area contributed by atoms with Crippen molar-refractivity contribution in [1.82, 2.24) is 4.90 Å². The van der Waals surface area contributed by atoms with Gasteiger partial charge in [-0.05, 0) is 45.2 Å². The van der Waals surface area contributed by atoms with E-state index in [2.05, 4.69) is 39.6 Å². The zero-order chi connectivity index (χ0) is 13.7. The topological polar surface area (TPSA) is 49.5 Å². The summed E-state index contributed by atoms with van der Waals surface area (Å²) in [6.07, 6.45) is 2.53. The standard InChI is InChI=1S/C14H32N2O/c1-7-14(17,11-15)9-8-10-16(6)12(2)13(3,4)5/h12,17H,7-11,15H2,1-6H3. The first-order valence-corrected chi connectivity index (χ1v) is 6.79. The second-order valence-electron chi connectivity index (χ2n) is 6.41. The number of hydrogen-bond acceptors (Lipinski definition) is 3. The van der Waals surface area contributed by atoms with Crippen LogP contribution in [0.25, 0.3) is 0 Å². The number of rotatable bonds is 7. The summed E-state index contributed by atoms with van der Waals surface area (Å²) in [5.74, 6) is 0. The van der Waals surface area contributed by atoms with E-state index in [1.807, 2.05) is 6.92 Å². The molecule has 0 spiro atoms. The van der Waals surface area contributed by atoms with Crippen molar-refractivity contribution in [2.24, 2.45) is 11.1 Å². The molecule has 0 saturated carbocycles. The lowest BCUT2D eigenvalue weighted by atomic mass is 9.87. The summed E-state index contributed by atoms with van der Waals surface area (Å²) in [7, 11) is 2.16. The van der Waals surface area contributed by atoms with E-state index in [-0.39, 0.29) is 0 Å². The molecule has 0 aromatic carbocycles. The van der Waals surface area contributed by atoms with Crippen molar-refractivity contribution in [3.8, 4) is 0 Å². The Bertz CT molecular complexity index is 207. The summed E-state index contributed by atoms with van der Waals surface area (Å²) < 4.78 is 0. The van der Waals surface area contributed by atoms with E-state index in [4.69, 9.17) is 5.73 Å². The van der Waals surface area contributed by atoms with Gasteiger partial charge in [0.25, 0.3) is 0 Å². The van der Waals surface area contributed by atoms with Crippen LogP contribution >= 0.6 is 0 Å². The first kappa shape index (κ1) is 16.9. The SMILES string of the molecule is CCC(O)(CN)CCCN(C)C(C)C(C)(C)C. The third-order valence-electron chi connectivity index (χ3n) is 4.11. The fourth-order valence-electron chi connectivity index (χ4n) is 1.94. The van der Waals surface area contributed by atoms with Crippen molar-refractivity contribution < 1.29 is 5.11 Å². The summed E-state index contributed by atoms with van der Waals surface area (Å²) in [5, 5.41) is 10.1. The van der Waals surface area contributed by atoms with Crippen LogP contribution in [-0.4, -0.2) is 41.8 Å². The Morgan fingerprint density at radius 3 is 2.18 bits per heavy atom. The van der Waals surface area contributed by atoms with Crippen LogP contribution in [0.15, 0.2) is 0 Å². The number of nitrogens with two attached hydrogens (primary N) is 1. The van der Waals surface area contributed by atoms with Gasteiger partial charge in [-0.3, -0.25) is 0 Å². The monoisotopic (exact) mass is 244 g/mol. The third kappa shape index (κ3) is 5.84. The van der Waals surface area contributed by atoms with Gasteiger partial charge in [0.15, 0.2) is 0 Å². The third-order valence-corrected chi connectivity index (χ3v) is 4.11. The number of aliphatic hydroxyl groups is 1. The smallest absolute Gasteiger partial charge is 0.0767 e. The number of hydrogen-bond donors (Lipinski definition) is 2. The van der Waals surface area contributed by atoms with Crippen LogP contribution in [0.4, 0.5) is 0 Å². The zero-order valence-electron chi connectivity index (χ0n) is 12.6. The van der Waals surface area contributed by atoms with Gasteiger partial charge >= 0.3 is 0 Å². The Kier molecular flexibility index (Phi) is 6.67. The van der Waals surface area contributed by atoms with E-state index in [1.165, 1.54) is 0 Å². The summed E-state index contributed by atoms with van der Waals surface area (Å²) in [5.41, 5.74) is 5.23. The summed E-state index contributed by atoms with van der Waals surface area (Å²) in [4.78, 5) is 2.37. The maximum Gasteiger partial charge on any atom is 0.0767 e. The Morgan fingerprint density at radius 1 is 1.29 bits per heavy atom. The lowest BCUT2D eigenvalue weighted by molar-refractivity contribution is 0.0293. The molecule has 3 heteroatoms.